The van der Waals surface area contributed by atoms with E-state index in [0.29, 0.717) is 53.4 Å². The molecule has 2 amide bonds. The minimum absolute atomic E-state index is 0.307. The van der Waals surface area contributed by atoms with Crippen molar-refractivity contribution in [1.82, 2.24) is 0 Å². The SMILES string of the molecule is CC(Oc1ccc(Cl)cc1Br)C(=O)Nc1ccc(Oc2ccc(NC(=O)C(C)Oc3ccc(Cl)cc3Br)cc2)cc1. The quantitative estimate of drug-likeness (QED) is 0.171. The lowest BCUT2D eigenvalue weighted by Gasteiger charge is -2.16. The number of ether oxygens (including phenoxy) is 3. The highest BCUT2D eigenvalue weighted by atomic mass is 79.9. The van der Waals surface area contributed by atoms with Crippen molar-refractivity contribution in [3.8, 4) is 23.0 Å². The summed E-state index contributed by atoms with van der Waals surface area (Å²) in [4.78, 5) is 25.2. The molecule has 0 saturated carbocycles. The van der Waals surface area contributed by atoms with Crippen LogP contribution in [0, 0.1) is 0 Å². The molecule has 0 aromatic heterocycles. The van der Waals surface area contributed by atoms with Crippen LogP contribution in [0.4, 0.5) is 11.4 Å². The fourth-order valence-electron chi connectivity index (χ4n) is 3.47. The highest BCUT2D eigenvalue weighted by Gasteiger charge is 2.18. The van der Waals surface area contributed by atoms with Crippen LogP contribution in [0.15, 0.2) is 93.9 Å². The van der Waals surface area contributed by atoms with Crippen molar-refractivity contribution in [2.24, 2.45) is 0 Å². The first-order chi connectivity index (χ1) is 19.6. The van der Waals surface area contributed by atoms with Gasteiger partial charge in [-0.05, 0) is 131 Å². The van der Waals surface area contributed by atoms with E-state index in [1.54, 1.807) is 98.8 Å². The van der Waals surface area contributed by atoms with E-state index in [0.717, 1.165) is 0 Å². The Morgan fingerprint density at radius 1 is 0.634 bits per heavy atom. The normalized spacial score (nSPS) is 12.1. The van der Waals surface area contributed by atoms with Gasteiger partial charge in [0.25, 0.3) is 11.8 Å². The molecule has 0 saturated heterocycles. The largest absolute Gasteiger partial charge is 0.480 e. The van der Waals surface area contributed by atoms with E-state index < -0.39 is 12.2 Å². The maximum Gasteiger partial charge on any atom is 0.265 e. The van der Waals surface area contributed by atoms with Crippen molar-refractivity contribution >= 4 is 78.3 Å². The third-order valence-corrected chi connectivity index (χ3v) is 7.32. The number of hydrogen-bond donors (Lipinski definition) is 2. The molecular weight excluding hydrogens is 699 g/mol. The number of amides is 2. The van der Waals surface area contributed by atoms with Crippen molar-refractivity contribution in [2.75, 3.05) is 10.6 Å². The van der Waals surface area contributed by atoms with Crippen LogP contribution in [0.25, 0.3) is 0 Å². The second kappa shape index (κ2) is 14.1. The van der Waals surface area contributed by atoms with Gasteiger partial charge in [-0.3, -0.25) is 9.59 Å². The highest BCUT2D eigenvalue weighted by molar-refractivity contribution is 9.11. The Bertz CT molecular complexity index is 1420. The van der Waals surface area contributed by atoms with E-state index in [1.807, 2.05) is 0 Å². The van der Waals surface area contributed by atoms with Gasteiger partial charge in [-0.25, -0.2) is 0 Å². The third kappa shape index (κ3) is 8.87. The molecule has 0 fully saturated rings. The fraction of sp³-hybridized carbons (Fsp3) is 0.133. The zero-order valence-electron chi connectivity index (χ0n) is 21.8. The van der Waals surface area contributed by atoms with Crippen molar-refractivity contribution in [1.29, 1.82) is 0 Å². The predicted octanol–water partition coefficient (Wildman–Crippen LogP) is 9.12. The summed E-state index contributed by atoms with van der Waals surface area (Å²) in [5.41, 5.74) is 1.18. The molecule has 0 aliphatic carbocycles. The molecule has 2 atom stereocenters. The van der Waals surface area contributed by atoms with Crippen molar-refractivity contribution in [2.45, 2.75) is 26.1 Å². The number of halogens is 4. The monoisotopic (exact) mass is 720 g/mol. The first-order valence-electron chi connectivity index (χ1n) is 12.3. The summed E-state index contributed by atoms with van der Waals surface area (Å²) >= 11 is 18.7. The maximum atomic E-state index is 12.6. The molecule has 41 heavy (non-hydrogen) atoms. The molecule has 0 heterocycles. The van der Waals surface area contributed by atoms with Crippen LogP contribution in [0.5, 0.6) is 23.0 Å². The van der Waals surface area contributed by atoms with E-state index in [2.05, 4.69) is 42.5 Å². The predicted molar refractivity (Wildman–Crippen MR) is 169 cm³/mol. The number of hydrogen-bond acceptors (Lipinski definition) is 5. The lowest BCUT2D eigenvalue weighted by atomic mass is 10.2. The molecule has 4 aromatic rings. The van der Waals surface area contributed by atoms with Gasteiger partial charge in [0.2, 0.25) is 0 Å². The van der Waals surface area contributed by atoms with E-state index in [1.165, 1.54) is 0 Å². The molecule has 2 N–H and O–H groups in total. The first-order valence-corrected chi connectivity index (χ1v) is 14.6. The average Bonchev–Trinajstić information content (AvgIpc) is 2.93. The van der Waals surface area contributed by atoms with Crippen LogP contribution in [0.2, 0.25) is 10.0 Å². The van der Waals surface area contributed by atoms with Crippen LogP contribution in [-0.2, 0) is 9.59 Å². The second-order valence-electron chi connectivity index (χ2n) is 8.80. The molecule has 11 heteroatoms. The Labute approximate surface area is 264 Å². The molecule has 212 valence electrons. The summed E-state index contributed by atoms with van der Waals surface area (Å²) in [6, 6.07) is 24.0. The van der Waals surface area contributed by atoms with Crippen molar-refractivity contribution < 1.29 is 23.8 Å². The van der Waals surface area contributed by atoms with Crippen LogP contribution in [0.1, 0.15) is 13.8 Å². The van der Waals surface area contributed by atoms with Gasteiger partial charge in [0.1, 0.15) is 23.0 Å². The zero-order valence-corrected chi connectivity index (χ0v) is 26.5. The van der Waals surface area contributed by atoms with Crippen LogP contribution >= 0.6 is 55.1 Å². The van der Waals surface area contributed by atoms with Crippen molar-refractivity contribution in [3.05, 3.63) is 104 Å². The Kier molecular flexibility index (Phi) is 10.6. The van der Waals surface area contributed by atoms with Crippen molar-refractivity contribution in [3.63, 3.8) is 0 Å². The number of anilines is 2. The molecule has 0 spiro atoms. The van der Waals surface area contributed by atoms with Gasteiger partial charge in [0, 0.05) is 21.4 Å². The number of carbonyl (C=O) groups excluding carboxylic acids is 2. The Hall–Kier alpha value is -3.24. The first kappa shape index (κ1) is 30.7. The molecule has 2 unspecified atom stereocenters. The molecule has 4 aromatic carbocycles. The zero-order chi connectivity index (χ0) is 29.5. The Morgan fingerprint density at radius 3 is 1.34 bits per heavy atom. The summed E-state index contributed by atoms with van der Waals surface area (Å²) in [5.74, 6) is 1.56. The lowest BCUT2D eigenvalue weighted by Crippen LogP contribution is -2.30. The van der Waals surface area contributed by atoms with Gasteiger partial charge in [-0.15, -0.1) is 0 Å². The summed E-state index contributed by atoms with van der Waals surface area (Å²) in [6.07, 6.45) is -1.48. The number of benzene rings is 4. The van der Waals surface area contributed by atoms with Gasteiger partial charge < -0.3 is 24.8 Å². The highest BCUT2D eigenvalue weighted by Crippen LogP contribution is 2.30. The van der Waals surface area contributed by atoms with Gasteiger partial charge in [0.15, 0.2) is 12.2 Å². The van der Waals surface area contributed by atoms with E-state index in [-0.39, 0.29) is 11.8 Å². The maximum absolute atomic E-state index is 12.6. The summed E-state index contributed by atoms with van der Waals surface area (Å²) < 4.78 is 18.7. The molecule has 0 radical (unpaired) electrons. The number of carbonyl (C=O) groups is 2. The van der Waals surface area contributed by atoms with Gasteiger partial charge in [0.05, 0.1) is 8.95 Å². The Balaban J connectivity index is 1.27. The van der Waals surface area contributed by atoms with Crippen LogP contribution in [0.3, 0.4) is 0 Å². The molecule has 7 nitrogen and oxygen atoms in total. The number of nitrogens with one attached hydrogen (secondary N) is 2. The molecule has 0 aliphatic heterocycles. The van der Waals surface area contributed by atoms with E-state index in [9.17, 15) is 9.59 Å². The molecule has 4 rings (SSSR count). The number of rotatable bonds is 10. The third-order valence-electron chi connectivity index (χ3n) is 5.61. The van der Waals surface area contributed by atoms with E-state index >= 15 is 0 Å². The fourth-order valence-corrected chi connectivity index (χ4v) is 5.02. The topological polar surface area (TPSA) is 85.9 Å². The smallest absolute Gasteiger partial charge is 0.265 e. The molecular formula is C30H24Br2Cl2N2O5. The van der Waals surface area contributed by atoms with E-state index in [4.69, 9.17) is 37.4 Å². The standard InChI is InChI=1S/C30H24Br2Cl2N2O5/c1-17(39-27-13-3-19(33)15-25(27)31)29(37)35-21-5-9-23(10-6-21)41-24-11-7-22(8-12-24)36-30(38)18(2)40-28-14-4-20(34)16-26(28)32/h3-18H,1-2H3,(H,35,37)(H,36,38). The summed E-state index contributed by atoms with van der Waals surface area (Å²) in [7, 11) is 0. The average molecular weight is 723 g/mol. The van der Waals surface area contributed by atoms with Gasteiger partial charge >= 0.3 is 0 Å². The molecule has 0 bridgehead atoms. The minimum atomic E-state index is -0.740. The lowest BCUT2D eigenvalue weighted by molar-refractivity contribution is -0.122. The second-order valence-corrected chi connectivity index (χ2v) is 11.4. The molecule has 0 aliphatic rings. The minimum Gasteiger partial charge on any atom is -0.480 e. The van der Waals surface area contributed by atoms with Gasteiger partial charge in [-0.2, -0.15) is 0 Å². The van der Waals surface area contributed by atoms with Crippen LogP contribution < -0.4 is 24.8 Å². The summed E-state index contributed by atoms with van der Waals surface area (Å²) in [5, 5.41) is 6.76. The van der Waals surface area contributed by atoms with Crippen LogP contribution in [-0.4, -0.2) is 24.0 Å². The Morgan fingerprint density at radius 2 is 1.00 bits per heavy atom. The summed E-state index contributed by atoms with van der Waals surface area (Å²) in [6.45, 7) is 3.32. The van der Waals surface area contributed by atoms with Gasteiger partial charge in [-0.1, -0.05) is 23.2 Å².